The van der Waals surface area contributed by atoms with Crippen molar-refractivity contribution in [3.05, 3.63) is 17.7 Å². The van der Waals surface area contributed by atoms with Crippen molar-refractivity contribution in [2.75, 3.05) is 21.3 Å². The standard InChI is InChI=1S/C10H14N2O5S/c1-12-10(13)6-4-7(16-2)9(17-3)8(5-6)18(11,14)15/h4-5H,1-3H3,(H,12,13)(H2,11,14,15). The minimum atomic E-state index is -4.03. The molecular formula is C10H14N2O5S. The van der Waals surface area contributed by atoms with Crippen molar-refractivity contribution in [1.82, 2.24) is 5.32 Å². The van der Waals surface area contributed by atoms with Gasteiger partial charge < -0.3 is 14.8 Å². The molecule has 0 atom stereocenters. The Kier molecular flexibility index (Phi) is 4.15. The molecule has 0 saturated heterocycles. The second-order valence-corrected chi connectivity index (χ2v) is 4.86. The Morgan fingerprint density at radius 1 is 1.28 bits per heavy atom. The second-order valence-electron chi connectivity index (χ2n) is 3.33. The largest absolute Gasteiger partial charge is 0.493 e. The van der Waals surface area contributed by atoms with Crippen LogP contribution in [0.15, 0.2) is 17.0 Å². The van der Waals surface area contributed by atoms with Crippen LogP contribution in [0.25, 0.3) is 0 Å². The first-order valence-electron chi connectivity index (χ1n) is 4.86. The van der Waals surface area contributed by atoms with Gasteiger partial charge in [-0.2, -0.15) is 0 Å². The van der Waals surface area contributed by atoms with E-state index >= 15 is 0 Å². The van der Waals surface area contributed by atoms with E-state index in [1.54, 1.807) is 0 Å². The van der Waals surface area contributed by atoms with Gasteiger partial charge in [-0.25, -0.2) is 13.6 Å². The number of nitrogens with two attached hydrogens (primary N) is 1. The molecule has 0 heterocycles. The Bertz CT molecular complexity index is 568. The molecule has 0 aromatic heterocycles. The van der Waals surface area contributed by atoms with Crippen molar-refractivity contribution in [2.24, 2.45) is 5.14 Å². The molecule has 0 aliphatic carbocycles. The smallest absolute Gasteiger partial charge is 0.251 e. The summed E-state index contributed by atoms with van der Waals surface area (Å²) < 4.78 is 32.8. The lowest BCUT2D eigenvalue weighted by Gasteiger charge is -2.13. The first kappa shape index (κ1) is 14.3. The fourth-order valence-corrected chi connectivity index (χ4v) is 2.15. The van der Waals surface area contributed by atoms with E-state index in [0.717, 1.165) is 6.07 Å². The number of carbonyl (C=O) groups excluding carboxylic acids is 1. The summed E-state index contributed by atoms with van der Waals surface area (Å²) >= 11 is 0. The maximum Gasteiger partial charge on any atom is 0.251 e. The third-order valence-corrected chi connectivity index (χ3v) is 3.16. The molecule has 0 saturated carbocycles. The molecule has 0 radical (unpaired) electrons. The summed E-state index contributed by atoms with van der Waals surface area (Å²) in [6, 6.07) is 2.50. The Morgan fingerprint density at radius 2 is 1.89 bits per heavy atom. The molecule has 3 N–H and O–H groups in total. The second kappa shape index (κ2) is 5.23. The van der Waals surface area contributed by atoms with Crippen LogP contribution in [-0.4, -0.2) is 35.6 Å². The third kappa shape index (κ3) is 2.71. The minimum Gasteiger partial charge on any atom is -0.493 e. The first-order chi connectivity index (χ1) is 8.35. The van der Waals surface area contributed by atoms with Crippen LogP contribution in [0.1, 0.15) is 10.4 Å². The highest BCUT2D eigenvalue weighted by Crippen LogP contribution is 2.34. The Hall–Kier alpha value is -1.80. The number of primary sulfonamides is 1. The van der Waals surface area contributed by atoms with Gasteiger partial charge in [0.05, 0.1) is 14.2 Å². The predicted molar refractivity (Wildman–Crippen MR) is 64.3 cm³/mol. The predicted octanol–water partition coefficient (Wildman–Crippen LogP) is -0.289. The van der Waals surface area contributed by atoms with E-state index in [1.165, 1.54) is 27.3 Å². The lowest BCUT2D eigenvalue weighted by molar-refractivity contribution is 0.0962. The van der Waals surface area contributed by atoms with Crippen molar-refractivity contribution in [3.63, 3.8) is 0 Å². The van der Waals surface area contributed by atoms with Gasteiger partial charge in [0.25, 0.3) is 5.91 Å². The zero-order valence-corrected chi connectivity index (χ0v) is 11.0. The van der Waals surface area contributed by atoms with E-state index in [4.69, 9.17) is 14.6 Å². The third-order valence-electron chi connectivity index (χ3n) is 2.24. The highest BCUT2D eigenvalue weighted by Gasteiger charge is 2.22. The molecule has 1 amide bonds. The van der Waals surface area contributed by atoms with Crippen molar-refractivity contribution in [1.29, 1.82) is 0 Å². The van der Waals surface area contributed by atoms with Gasteiger partial charge in [0.2, 0.25) is 10.0 Å². The average molecular weight is 274 g/mol. The summed E-state index contributed by atoms with van der Waals surface area (Å²) in [7, 11) is 0.0144. The lowest BCUT2D eigenvalue weighted by atomic mass is 10.2. The first-order valence-corrected chi connectivity index (χ1v) is 6.40. The number of nitrogens with one attached hydrogen (secondary N) is 1. The van der Waals surface area contributed by atoms with Crippen LogP contribution in [0.3, 0.4) is 0 Å². The average Bonchev–Trinajstić information content (AvgIpc) is 2.34. The van der Waals surface area contributed by atoms with Crippen LogP contribution in [0.2, 0.25) is 0 Å². The van der Waals surface area contributed by atoms with E-state index < -0.39 is 15.9 Å². The molecule has 100 valence electrons. The van der Waals surface area contributed by atoms with E-state index in [1.807, 2.05) is 0 Å². The molecule has 0 aliphatic heterocycles. The molecule has 1 rings (SSSR count). The Labute approximate surface area is 105 Å². The van der Waals surface area contributed by atoms with Gasteiger partial charge in [0.15, 0.2) is 11.5 Å². The maximum absolute atomic E-state index is 11.5. The van der Waals surface area contributed by atoms with E-state index in [9.17, 15) is 13.2 Å². The number of carbonyl (C=O) groups is 1. The maximum atomic E-state index is 11.5. The number of benzene rings is 1. The van der Waals surface area contributed by atoms with Gasteiger partial charge in [0.1, 0.15) is 4.90 Å². The number of ether oxygens (including phenoxy) is 2. The van der Waals surface area contributed by atoms with Gasteiger partial charge in [0, 0.05) is 12.6 Å². The molecule has 0 bridgehead atoms. The number of methoxy groups -OCH3 is 2. The molecule has 1 aromatic carbocycles. The van der Waals surface area contributed by atoms with Crippen LogP contribution < -0.4 is 19.9 Å². The van der Waals surface area contributed by atoms with Crippen LogP contribution in [-0.2, 0) is 10.0 Å². The number of hydrogen-bond donors (Lipinski definition) is 2. The van der Waals surface area contributed by atoms with Crippen LogP contribution in [0.4, 0.5) is 0 Å². The molecule has 1 aromatic rings. The molecule has 0 fully saturated rings. The van der Waals surface area contributed by atoms with E-state index in [0.29, 0.717) is 0 Å². The van der Waals surface area contributed by atoms with Crippen LogP contribution in [0, 0.1) is 0 Å². The monoisotopic (exact) mass is 274 g/mol. The molecule has 7 nitrogen and oxygen atoms in total. The van der Waals surface area contributed by atoms with Crippen molar-refractivity contribution >= 4 is 15.9 Å². The van der Waals surface area contributed by atoms with Crippen molar-refractivity contribution < 1.29 is 22.7 Å². The number of hydrogen-bond acceptors (Lipinski definition) is 5. The molecule has 18 heavy (non-hydrogen) atoms. The Balaban J connectivity index is 3.61. The van der Waals surface area contributed by atoms with Gasteiger partial charge in [-0.3, -0.25) is 4.79 Å². The summed E-state index contributed by atoms with van der Waals surface area (Å²) in [5.41, 5.74) is 0.110. The minimum absolute atomic E-state index is 0.0346. The summed E-state index contributed by atoms with van der Waals surface area (Å²) in [6.45, 7) is 0. The molecular weight excluding hydrogens is 260 g/mol. The fourth-order valence-electron chi connectivity index (χ4n) is 1.42. The van der Waals surface area contributed by atoms with Gasteiger partial charge in [-0.1, -0.05) is 0 Å². The molecule has 8 heteroatoms. The van der Waals surface area contributed by atoms with Gasteiger partial charge in [-0.05, 0) is 12.1 Å². The zero-order chi connectivity index (χ0) is 13.9. The van der Waals surface area contributed by atoms with E-state index in [-0.39, 0.29) is 22.0 Å². The molecule has 0 spiro atoms. The summed E-state index contributed by atoms with van der Waals surface area (Å²) in [5, 5.41) is 7.45. The highest BCUT2D eigenvalue weighted by atomic mass is 32.2. The number of rotatable bonds is 4. The SMILES string of the molecule is CNC(=O)c1cc(OC)c(OC)c(S(N)(=O)=O)c1. The normalized spacial score (nSPS) is 10.9. The van der Waals surface area contributed by atoms with E-state index in [2.05, 4.69) is 5.32 Å². The van der Waals surface area contributed by atoms with Crippen molar-refractivity contribution in [3.8, 4) is 11.5 Å². The quantitative estimate of drug-likeness (QED) is 0.784. The Morgan fingerprint density at radius 3 is 2.28 bits per heavy atom. The number of sulfonamides is 1. The van der Waals surface area contributed by atoms with Gasteiger partial charge in [-0.15, -0.1) is 0 Å². The summed E-state index contributed by atoms with van der Waals surface area (Å²) in [6.07, 6.45) is 0. The van der Waals surface area contributed by atoms with Crippen molar-refractivity contribution in [2.45, 2.75) is 4.90 Å². The molecule has 0 unspecified atom stereocenters. The fraction of sp³-hybridized carbons (Fsp3) is 0.300. The lowest BCUT2D eigenvalue weighted by Crippen LogP contribution is -2.20. The van der Waals surface area contributed by atoms with Gasteiger partial charge >= 0.3 is 0 Å². The van der Waals surface area contributed by atoms with Crippen LogP contribution >= 0.6 is 0 Å². The number of amides is 1. The van der Waals surface area contributed by atoms with Crippen LogP contribution in [0.5, 0.6) is 11.5 Å². The highest BCUT2D eigenvalue weighted by molar-refractivity contribution is 7.89. The molecule has 0 aliphatic rings. The summed E-state index contributed by atoms with van der Waals surface area (Å²) in [5.74, 6) is -0.379. The zero-order valence-electron chi connectivity index (χ0n) is 10.2. The topological polar surface area (TPSA) is 108 Å². The summed E-state index contributed by atoms with van der Waals surface area (Å²) in [4.78, 5) is 11.2.